The predicted octanol–water partition coefficient (Wildman–Crippen LogP) is 4.31. The zero-order valence-corrected chi connectivity index (χ0v) is 17.4. The molecule has 3 aromatic rings. The lowest BCUT2D eigenvalue weighted by atomic mass is 10.1. The third-order valence-electron chi connectivity index (χ3n) is 4.54. The van der Waals surface area contributed by atoms with Crippen LogP contribution in [0.5, 0.6) is 5.75 Å². The zero-order valence-electron chi connectivity index (χ0n) is 17.4. The summed E-state index contributed by atoms with van der Waals surface area (Å²) < 4.78 is 5.87. The molecule has 6 heteroatoms. The van der Waals surface area contributed by atoms with E-state index in [2.05, 4.69) is 15.8 Å². The van der Waals surface area contributed by atoms with Gasteiger partial charge < -0.3 is 10.1 Å². The summed E-state index contributed by atoms with van der Waals surface area (Å²) in [5, 5.41) is 6.74. The van der Waals surface area contributed by atoms with Gasteiger partial charge in [0.15, 0.2) is 0 Å². The zero-order chi connectivity index (χ0) is 21.9. The molecule has 3 aromatic carbocycles. The number of hydrogen-bond donors (Lipinski definition) is 2. The summed E-state index contributed by atoms with van der Waals surface area (Å²) in [5.41, 5.74) is 5.90. The smallest absolute Gasteiger partial charge is 0.249 e. The van der Waals surface area contributed by atoms with Crippen LogP contribution in [0.15, 0.2) is 84.0 Å². The molecule has 0 radical (unpaired) electrons. The van der Waals surface area contributed by atoms with Gasteiger partial charge in [0.05, 0.1) is 6.21 Å². The molecule has 0 aromatic heterocycles. The second-order valence-electron chi connectivity index (χ2n) is 6.84. The van der Waals surface area contributed by atoms with Crippen molar-refractivity contribution >= 4 is 23.7 Å². The van der Waals surface area contributed by atoms with E-state index in [4.69, 9.17) is 4.74 Å². The fraction of sp³-hybridized carbons (Fsp3) is 0.160. The van der Waals surface area contributed by atoms with Crippen LogP contribution in [0, 0.1) is 0 Å². The summed E-state index contributed by atoms with van der Waals surface area (Å²) in [7, 11) is 0. The lowest BCUT2D eigenvalue weighted by Crippen LogP contribution is -2.25. The first kappa shape index (κ1) is 21.8. The van der Waals surface area contributed by atoms with Gasteiger partial charge in [0.2, 0.25) is 11.8 Å². The van der Waals surface area contributed by atoms with Crippen molar-refractivity contribution in [2.45, 2.75) is 26.4 Å². The standard InChI is InChI=1S/C25H25N3O3/c1-2-20-12-6-8-14-22(20)27-24(29)16-25(30)28-26-17-21-13-7-9-15-23(21)31-18-19-10-4-3-5-11-19/h3-15,17H,2,16,18H2,1H3,(H,27,29)(H,28,30). The highest BCUT2D eigenvalue weighted by atomic mass is 16.5. The second-order valence-corrected chi connectivity index (χ2v) is 6.84. The van der Waals surface area contributed by atoms with Gasteiger partial charge in [-0.25, -0.2) is 5.43 Å². The van der Waals surface area contributed by atoms with E-state index in [1.54, 1.807) is 0 Å². The molecule has 2 N–H and O–H groups in total. The minimum atomic E-state index is -0.495. The van der Waals surface area contributed by atoms with E-state index in [9.17, 15) is 9.59 Å². The summed E-state index contributed by atoms with van der Waals surface area (Å²) >= 11 is 0. The van der Waals surface area contributed by atoms with Crippen molar-refractivity contribution in [3.8, 4) is 5.75 Å². The molecular formula is C25H25N3O3. The normalized spacial score (nSPS) is 10.6. The average Bonchev–Trinajstić information content (AvgIpc) is 2.79. The van der Waals surface area contributed by atoms with Crippen LogP contribution in [0.3, 0.4) is 0 Å². The molecule has 0 unspecified atom stereocenters. The fourth-order valence-electron chi connectivity index (χ4n) is 2.96. The maximum Gasteiger partial charge on any atom is 0.249 e. The first-order valence-electron chi connectivity index (χ1n) is 10.1. The van der Waals surface area contributed by atoms with Crippen molar-refractivity contribution in [1.82, 2.24) is 5.43 Å². The molecular weight excluding hydrogens is 390 g/mol. The van der Waals surface area contributed by atoms with E-state index in [0.717, 1.165) is 28.8 Å². The van der Waals surface area contributed by atoms with Gasteiger partial charge >= 0.3 is 0 Å². The summed E-state index contributed by atoms with van der Waals surface area (Å²) in [5.74, 6) is -0.233. The Bertz CT molecular complexity index is 1050. The van der Waals surface area contributed by atoms with E-state index in [1.807, 2.05) is 85.8 Å². The summed E-state index contributed by atoms with van der Waals surface area (Å²) in [6.45, 7) is 2.44. The van der Waals surface area contributed by atoms with Gasteiger partial charge in [0, 0.05) is 11.3 Å². The predicted molar refractivity (Wildman–Crippen MR) is 122 cm³/mol. The lowest BCUT2D eigenvalue weighted by Gasteiger charge is -2.09. The van der Waals surface area contributed by atoms with Crippen molar-refractivity contribution in [2.24, 2.45) is 5.10 Å². The van der Waals surface area contributed by atoms with Crippen molar-refractivity contribution in [3.05, 3.63) is 95.6 Å². The van der Waals surface area contributed by atoms with Crippen LogP contribution in [-0.4, -0.2) is 18.0 Å². The number of para-hydroxylation sites is 2. The van der Waals surface area contributed by atoms with Gasteiger partial charge in [-0.15, -0.1) is 0 Å². The van der Waals surface area contributed by atoms with Crippen LogP contribution in [0.4, 0.5) is 5.69 Å². The molecule has 31 heavy (non-hydrogen) atoms. The number of ether oxygens (including phenoxy) is 1. The fourth-order valence-corrected chi connectivity index (χ4v) is 2.96. The number of rotatable bonds is 9. The van der Waals surface area contributed by atoms with E-state index in [0.29, 0.717) is 12.4 Å². The Morgan fingerprint density at radius 3 is 2.42 bits per heavy atom. The number of carbonyl (C=O) groups excluding carboxylic acids is 2. The maximum absolute atomic E-state index is 12.2. The molecule has 2 amide bonds. The molecule has 0 saturated heterocycles. The highest BCUT2D eigenvalue weighted by Crippen LogP contribution is 2.18. The Labute approximate surface area is 182 Å². The molecule has 0 heterocycles. The van der Waals surface area contributed by atoms with Crippen LogP contribution < -0.4 is 15.5 Å². The summed E-state index contributed by atoms with van der Waals surface area (Å²) in [6.07, 6.45) is 1.97. The average molecular weight is 415 g/mol. The third kappa shape index (κ3) is 6.82. The van der Waals surface area contributed by atoms with Gasteiger partial charge in [0.25, 0.3) is 0 Å². The van der Waals surface area contributed by atoms with Gasteiger partial charge in [-0.3, -0.25) is 9.59 Å². The number of hydrazone groups is 1. The SMILES string of the molecule is CCc1ccccc1NC(=O)CC(=O)NN=Cc1ccccc1OCc1ccccc1. The molecule has 0 aliphatic rings. The Balaban J connectivity index is 1.52. The van der Waals surface area contributed by atoms with E-state index >= 15 is 0 Å². The van der Waals surface area contributed by atoms with Crippen LogP contribution >= 0.6 is 0 Å². The Hall–Kier alpha value is -3.93. The van der Waals surface area contributed by atoms with Crippen LogP contribution in [0.2, 0.25) is 0 Å². The first-order chi connectivity index (χ1) is 15.2. The Kier molecular flexibility index (Phi) is 7.94. The van der Waals surface area contributed by atoms with Crippen molar-refractivity contribution in [1.29, 1.82) is 0 Å². The number of aryl methyl sites for hydroxylation is 1. The first-order valence-corrected chi connectivity index (χ1v) is 10.1. The Morgan fingerprint density at radius 2 is 1.61 bits per heavy atom. The monoisotopic (exact) mass is 415 g/mol. The summed E-state index contributed by atoms with van der Waals surface area (Å²) in [4.78, 5) is 24.2. The van der Waals surface area contributed by atoms with Gasteiger partial charge in [-0.2, -0.15) is 5.10 Å². The minimum Gasteiger partial charge on any atom is -0.488 e. The quantitative estimate of drug-likeness (QED) is 0.311. The lowest BCUT2D eigenvalue weighted by molar-refractivity contribution is -0.126. The third-order valence-corrected chi connectivity index (χ3v) is 4.54. The molecule has 0 fully saturated rings. The number of nitrogens with zero attached hydrogens (tertiary/aromatic N) is 1. The second kappa shape index (κ2) is 11.3. The van der Waals surface area contributed by atoms with E-state index < -0.39 is 5.91 Å². The van der Waals surface area contributed by atoms with Gasteiger partial charge in [0.1, 0.15) is 18.8 Å². The highest BCUT2D eigenvalue weighted by Gasteiger charge is 2.10. The van der Waals surface area contributed by atoms with Gasteiger partial charge in [-0.05, 0) is 35.7 Å². The number of nitrogens with one attached hydrogen (secondary N) is 2. The molecule has 0 bridgehead atoms. The van der Waals surface area contributed by atoms with E-state index in [-0.39, 0.29) is 12.3 Å². The van der Waals surface area contributed by atoms with Crippen LogP contribution in [-0.2, 0) is 22.6 Å². The van der Waals surface area contributed by atoms with E-state index in [1.165, 1.54) is 6.21 Å². The number of anilines is 1. The van der Waals surface area contributed by atoms with Crippen molar-refractivity contribution < 1.29 is 14.3 Å². The molecule has 0 aliphatic carbocycles. The topological polar surface area (TPSA) is 79.8 Å². The van der Waals surface area contributed by atoms with Crippen molar-refractivity contribution in [3.63, 3.8) is 0 Å². The molecule has 158 valence electrons. The molecule has 0 aliphatic heterocycles. The van der Waals surface area contributed by atoms with Crippen LogP contribution in [0.1, 0.15) is 30.0 Å². The maximum atomic E-state index is 12.2. The molecule has 0 spiro atoms. The largest absolute Gasteiger partial charge is 0.488 e. The number of benzene rings is 3. The number of amides is 2. The Morgan fingerprint density at radius 1 is 0.903 bits per heavy atom. The highest BCUT2D eigenvalue weighted by molar-refractivity contribution is 6.04. The van der Waals surface area contributed by atoms with Crippen molar-refractivity contribution in [2.75, 3.05) is 5.32 Å². The van der Waals surface area contributed by atoms with Gasteiger partial charge in [-0.1, -0.05) is 67.6 Å². The minimum absolute atomic E-state index is 0.318. The molecule has 3 rings (SSSR count). The molecule has 6 nitrogen and oxygen atoms in total. The molecule has 0 saturated carbocycles. The molecule has 0 atom stereocenters. The number of hydrogen-bond acceptors (Lipinski definition) is 4. The summed E-state index contributed by atoms with van der Waals surface area (Å²) in [6, 6.07) is 24.8. The van der Waals surface area contributed by atoms with Crippen LogP contribution in [0.25, 0.3) is 0 Å². The number of carbonyl (C=O) groups is 2.